The van der Waals surface area contributed by atoms with Crippen LogP contribution in [0.15, 0.2) is 88.1 Å². The molecule has 0 amide bonds. The van der Waals surface area contributed by atoms with Crippen molar-refractivity contribution in [3.8, 4) is 11.5 Å². The summed E-state index contributed by atoms with van der Waals surface area (Å²) >= 11 is 0. The Morgan fingerprint density at radius 1 is 0.976 bits per heavy atom. The molecule has 1 aliphatic heterocycles. The minimum Gasteiger partial charge on any atom is -0.497 e. The SMILES string of the molecule is COc1ccc(N2C3=C(C(=O)CC(C)(C)C3)C(c3ccc(OCCCn4ccnc4)cc3)c3c2[nH]c(=O)[nH]c3=O)cc1. The van der Waals surface area contributed by atoms with Crippen molar-refractivity contribution in [2.24, 2.45) is 5.41 Å². The number of anilines is 2. The molecule has 3 heterocycles. The van der Waals surface area contributed by atoms with E-state index in [9.17, 15) is 14.4 Å². The van der Waals surface area contributed by atoms with E-state index < -0.39 is 17.2 Å². The topological polar surface area (TPSA) is 122 Å². The third kappa shape index (κ3) is 5.15. The van der Waals surface area contributed by atoms with E-state index in [4.69, 9.17) is 9.47 Å². The molecule has 0 saturated heterocycles. The Kier molecular flexibility index (Phi) is 7.06. The Hall–Kier alpha value is -4.86. The number of Topliss-reactive ketones (excluding diaryl/α,β-unsaturated/α-hetero) is 1. The summed E-state index contributed by atoms with van der Waals surface area (Å²) in [6, 6.07) is 14.9. The molecule has 2 N–H and O–H groups in total. The molecule has 216 valence electrons. The first-order valence-electron chi connectivity index (χ1n) is 14.0. The molecule has 0 spiro atoms. The summed E-state index contributed by atoms with van der Waals surface area (Å²) in [5.74, 6) is 1.07. The number of aryl methyl sites for hydroxylation is 1. The molecule has 6 rings (SSSR count). The third-order valence-corrected chi connectivity index (χ3v) is 7.86. The molecule has 0 saturated carbocycles. The monoisotopic (exact) mass is 567 g/mol. The Morgan fingerprint density at radius 2 is 1.71 bits per heavy atom. The fourth-order valence-electron chi connectivity index (χ4n) is 6.00. The van der Waals surface area contributed by atoms with E-state index in [1.165, 1.54) is 0 Å². The maximum atomic E-state index is 13.9. The highest BCUT2D eigenvalue weighted by molar-refractivity contribution is 6.02. The molecule has 0 radical (unpaired) electrons. The summed E-state index contributed by atoms with van der Waals surface area (Å²) in [7, 11) is 1.59. The van der Waals surface area contributed by atoms with Crippen molar-refractivity contribution in [1.82, 2.24) is 19.5 Å². The average molecular weight is 568 g/mol. The lowest BCUT2D eigenvalue weighted by molar-refractivity contribution is -0.118. The lowest BCUT2D eigenvalue weighted by atomic mass is 9.68. The standard InChI is InChI=1S/C32H33N5O5/c1-32(2)17-24-27(25(38)18-32)26(20-5-9-23(10-6-20)42-16-4-14-36-15-13-33-19-36)28-29(34-31(40)35-30(28)39)37(24)21-7-11-22(41-3)12-8-21/h5-13,15,19,26H,4,14,16-18H2,1-3H3,(H2,34,35,39,40). The summed E-state index contributed by atoms with van der Waals surface area (Å²) in [5, 5.41) is 0. The number of ketones is 1. The maximum absolute atomic E-state index is 13.9. The van der Waals surface area contributed by atoms with Gasteiger partial charge in [0.15, 0.2) is 5.78 Å². The predicted molar refractivity (Wildman–Crippen MR) is 158 cm³/mol. The van der Waals surface area contributed by atoms with E-state index in [0.29, 0.717) is 53.6 Å². The number of fused-ring (bicyclic) bond motifs is 1. The highest BCUT2D eigenvalue weighted by atomic mass is 16.5. The van der Waals surface area contributed by atoms with Gasteiger partial charge in [-0.15, -0.1) is 0 Å². The van der Waals surface area contributed by atoms with Gasteiger partial charge < -0.3 is 14.0 Å². The normalized spacial score (nSPS) is 17.5. The summed E-state index contributed by atoms with van der Waals surface area (Å²) < 4.78 is 13.3. The zero-order valence-corrected chi connectivity index (χ0v) is 23.8. The second-order valence-corrected chi connectivity index (χ2v) is 11.5. The third-order valence-electron chi connectivity index (χ3n) is 7.86. The number of aromatic nitrogens is 4. The van der Waals surface area contributed by atoms with Crippen LogP contribution in [0.2, 0.25) is 0 Å². The lowest BCUT2D eigenvalue weighted by Crippen LogP contribution is -2.42. The van der Waals surface area contributed by atoms with Crippen LogP contribution in [0, 0.1) is 5.41 Å². The molecule has 2 aromatic heterocycles. The Balaban J connectivity index is 1.42. The van der Waals surface area contributed by atoms with Gasteiger partial charge in [-0.3, -0.25) is 24.5 Å². The summed E-state index contributed by atoms with van der Waals surface area (Å²) in [6.45, 7) is 5.46. The van der Waals surface area contributed by atoms with E-state index >= 15 is 0 Å². The van der Waals surface area contributed by atoms with Crippen LogP contribution < -0.4 is 25.6 Å². The highest BCUT2D eigenvalue weighted by Gasteiger charge is 2.45. The molecule has 0 bridgehead atoms. The number of H-pyrrole nitrogens is 2. The van der Waals surface area contributed by atoms with E-state index in [2.05, 4.69) is 28.8 Å². The summed E-state index contributed by atoms with van der Waals surface area (Å²) in [6.07, 6.45) is 7.20. The number of aromatic amines is 2. The first kappa shape index (κ1) is 27.3. The van der Waals surface area contributed by atoms with Crippen molar-refractivity contribution in [2.75, 3.05) is 18.6 Å². The van der Waals surface area contributed by atoms with Crippen LogP contribution in [-0.4, -0.2) is 39.0 Å². The van der Waals surface area contributed by atoms with Crippen LogP contribution >= 0.6 is 0 Å². The number of methoxy groups -OCH3 is 1. The van der Waals surface area contributed by atoms with Crippen LogP contribution in [0.3, 0.4) is 0 Å². The van der Waals surface area contributed by atoms with Crippen molar-refractivity contribution in [3.63, 3.8) is 0 Å². The van der Waals surface area contributed by atoms with Gasteiger partial charge in [0, 0.05) is 48.2 Å². The summed E-state index contributed by atoms with van der Waals surface area (Å²) in [5.41, 5.74) is 1.72. The van der Waals surface area contributed by atoms with Crippen LogP contribution in [-0.2, 0) is 11.3 Å². The van der Waals surface area contributed by atoms with Crippen molar-refractivity contribution in [1.29, 1.82) is 0 Å². The number of nitrogens with zero attached hydrogens (tertiary/aromatic N) is 3. The van der Waals surface area contributed by atoms with Gasteiger partial charge in [-0.25, -0.2) is 9.78 Å². The van der Waals surface area contributed by atoms with E-state index in [0.717, 1.165) is 24.2 Å². The first-order valence-corrected chi connectivity index (χ1v) is 14.0. The Bertz CT molecular complexity index is 1750. The molecule has 0 fully saturated rings. The molecule has 1 aliphatic carbocycles. The van der Waals surface area contributed by atoms with E-state index in [1.54, 1.807) is 19.6 Å². The maximum Gasteiger partial charge on any atom is 0.327 e. The van der Waals surface area contributed by atoms with E-state index in [1.807, 2.05) is 64.2 Å². The minimum absolute atomic E-state index is 0.0131. The van der Waals surface area contributed by atoms with Crippen molar-refractivity contribution in [2.45, 2.75) is 45.6 Å². The number of nitrogens with one attached hydrogen (secondary N) is 2. The Morgan fingerprint density at radius 3 is 2.40 bits per heavy atom. The van der Waals surface area contributed by atoms with Gasteiger partial charge in [0.05, 0.1) is 25.6 Å². The number of hydrogen-bond acceptors (Lipinski definition) is 7. The fraction of sp³-hybridized carbons (Fsp3) is 0.312. The Labute approximate surface area is 242 Å². The smallest absolute Gasteiger partial charge is 0.327 e. The van der Waals surface area contributed by atoms with Crippen molar-refractivity contribution in [3.05, 3.63) is 110 Å². The molecule has 10 nitrogen and oxygen atoms in total. The molecule has 1 atom stereocenters. The van der Waals surface area contributed by atoms with Gasteiger partial charge in [0.1, 0.15) is 17.3 Å². The van der Waals surface area contributed by atoms with Crippen LogP contribution in [0.5, 0.6) is 11.5 Å². The average Bonchev–Trinajstić information content (AvgIpc) is 3.48. The molecule has 4 aromatic rings. The number of carbonyl (C=O) groups is 1. The number of hydrogen-bond donors (Lipinski definition) is 2. The molecule has 1 unspecified atom stereocenters. The van der Waals surface area contributed by atoms with Crippen LogP contribution in [0.4, 0.5) is 11.5 Å². The number of ether oxygens (including phenoxy) is 2. The van der Waals surface area contributed by atoms with Gasteiger partial charge in [-0.2, -0.15) is 0 Å². The zero-order valence-electron chi connectivity index (χ0n) is 23.8. The van der Waals surface area contributed by atoms with Gasteiger partial charge in [0.25, 0.3) is 5.56 Å². The zero-order chi connectivity index (χ0) is 29.4. The number of carbonyl (C=O) groups excluding carboxylic acids is 1. The van der Waals surface area contributed by atoms with Gasteiger partial charge in [0.2, 0.25) is 0 Å². The minimum atomic E-state index is -0.649. The van der Waals surface area contributed by atoms with Gasteiger partial charge >= 0.3 is 5.69 Å². The van der Waals surface area contributed by atoms with Crippen LogP contribution in [0.1, 0.15) is 50.2 Å². The molecule has 10 heteroatoms. The molecular weight excluding hydrogens is 534 g/mol. The van der Waals surface area contributed by atoms with E-state index in [-0.39, 0.29) is 11.2 Å². The molecule has 2 aromatic carbocycles. The molecule has 42 heavy (non-hydrogen) atoms. The number of allylic oxidation sites excluding steroid dienone is 2. The fourth-order valence-corrected chi connectivity index (χ4v) is 6.00. The van der Waals surface area contributed by atoms with Crippen molar-refractivity contribution < 1.29 is 14.3 Å². The first-order chi connectivity index (χ1) is 20.2. The largest absolute Gasteiger partial charge is 0.497 e. The number of imidazole rings is 1. The molecular formula is C32H33N5O5. The molecule has 2 aliphatic rings. The summed E-state index contributed by atoms with van der Waals surface area (Å²) in [4.78, 5) is 51.2. The van der Waals surface area contributed by atoms with Crippen molar-refractivity contribution >= 4 is 17.3 Å². The highest BCUT2D eigenvalue weighted by Crippen LogP contribution is 2.52. The van der Waals surface area contributed by atoms with Crippen LogP contribution in [0.25, 0.3) is 0 Å². The second kappa shape index (κ2) is 10.8. The van der Waals surface area contributed by atoms with Gasteiger partial charge in [-0.1, -0.05) is 26.0 Å². The lowest BCUT2D eigenvalue weighted by Gasteiger charge is -2.44. The number of rotatable bonds is 8. The number of benzene rings is 2. The second-order valence-electron chi connectivity index (χ2n) is 11.5. The van der Waals surface area contributed by atoms with Gasteiger partial charge in [-0.05, 0) is 60.2 Å². The quantitative estimate of drug-likeness (QED) is 0.297. The predicted octanol–water partition coefficient (Wildman–Crippen LogP) is 4.66.